The van der Waals surface area contributed by atoms with Gasteiger partial charge >= 0.3 is 0 Å². The van der Waals surface area contributed by atoms with Crippen molar-refractivity contribution < 1.29 is 14.3 Å². The normalized spacial score (nSPS) is 19.0. The highest BCUT2D eigenvalue weighted by molar-refractivity contribution is 5.94. The quantitative estimate of drug-likeness (QED) is 0.698. The number of ether oxygens (including phenoxy) is 2. The highest BCUT2D eigenvalue weighted by Gasteiger charge is 2.35. The number of nitrogens with zero attached hydrogens (tertiary/aromatic N) is 5. The molecule has 4 rings (SSSR count). The van der Waals surface area contributed by atoms with E-state index in [2.05, 4.69) is 25.7 Å². The molecule has 0 bridgehead atoms. The van der Waals surface area contributed by atoms with Gasteiger partial charge in [-0.25, -0.2) is 4.68 Å². The smallest absolute Gasteiger partial charge is 0.251 e. The van der Waals surface area contributed by atoms with E-state index in [-0.39, 0.29) is 17.9 Å². The number of hydrogen-bond acceptors (Lipinski definition) is 7. The number of tetrazole rings is 1. The van der Waals surface area contributed by atoms with Crippen LogP contribution in [0.5, 0.6) is 5.75 Å². The van der Waals surface area contributed by atoms with E-state index in [9.17, 15) is 4.79 Å². The topological polar surface area (TPSA) is 94.4 Å². The molecule has 2 aromatic rings. The van der Waals surface area contributed by atoms with E-state index in [1.165, 1.54) is 12.8 Å². The van der Waals surface area contributed by atoms with Gasteiger partial charge in [0, 0.05) is 44.3 Å². The molecule has 3 heterocycles. The van der Waals surface area contributed by atoms with Crippen LogP contribution in [0.2, 0.25) is 0 Å². The molecule has 0 atom stereocenters. The Kier molecular flexibility index (Phi) is 6.59. The van der Waals surface area contributed by atoms with E-state index in [4.69, 9.17) is 9.47 Å². The fourth-order valence-electron chi connectivity index (χ4n) is 4.23. The van der Waals surface area contributed by atoms with Gasteiger partial charge in [-0.3, -0.25) is 4.79 Å². The molecular weight excluding hydrogens is 384 g/mol. The first-order valence-electron chi connectivity index (χ1n) is 10.7. The first kappa shape index (κ1) is 20.7. The van der Waals surface area contributed by atoms with Gasteiger partial charge in [0.2, 0.25) is 0 Å². The third-order valence-electron chi connectivity index (χ3n) is 6.11. The molecule has 1 N–H and O–H groups in total. The zero-order valence-corrected chi connectivity index (χ0v) is 17.5. The average Bonchev–Trinajstić information content (AvgIpc) is 3.43. The lowest BCUT2D eigenvalue weighted by Gasteiger charge is -2.40. The first-order chi connectivity index (χ1) is 14.6. The lowest BCUT2D eigenvalue weighted by molar-refractivity contribution is -0.000630. The van der Waals surface area contributed by atoms with Crippen molar-refractivity contribution in [3.05, 3.63) is 35.7 Å². The molecule has 0 saturated carbocycles. The third kappa shape index (κ3) is 5.14. The van der Waals surface area contributed by atoms with Crippen molar-refractivity contribution in [1.29, 1.82) is 0 Å². The Morgan fingerprint density at radius 1 is 1.27 bits per heavy atom. The summed E-state index contributed by atoms with van der Waals surface area (Å²) < 4.78 is 12.9. The summed E-state index contributed by atoms with van der Waals surface area (Å²) in [7, 11) is 1.76. The third-order valence-corrected chi connectivity index (χ3v) is 6.11. The van der Waals surface area contributed by atoms with Crippen LogP contribution in [0.15, 0.2) is 24.3 Å². The number of benzene rings is 1. The molecule has 30 heavy (non-hydrogen) atoms. The lowest BCUT2D eigenvalue weighted by Crippen LogP contribution is -2.48. The number of amides is 1. The first-order valence-corrected chi connectivity index (χ1v) is 10.7. The molecule has 2 aliphatic rings. The summed E-state index contributed by atoms with van der Waals surface area (Å²) in [4.78, 5) is 15.4. The zero-order valence-electron chi connectivity index (χ0n) is 17.5. The summed E-state index contributed by atoms with van der Waals surface area (Å²) in [6, 6.07) is 7.22. The van der Waals surface area contributed by atoms with Crippen molar-refractivity contribution in [3.8, 4) is 5.75 Å². The van der Waals surface area contributed by atoms with Gasteiger partial charge in [0.1, 0.15) is 12.4 Å². The van der Waals surface area contributed by atoms with E-state index >= 15 is 0 Å². The van der Waals surface area contributed by atoms with E-state index < -0.39 is 0 Å². The number of rotatable bonds is 8. The van der Waals surface area contributed by atoms with Gasteiger partial charge < -0.3 is 19.7 Å². The van der Waals surface area contributed by atoms with Crippen molar-refractivity contribution in [2.24, 2.45) is 12.5 Å². The van der Waals surface area contributed by atoms with E-state index in [1.54, 1.807) is 17.8 Å². The Bertz CT molecular complexity index is 843. The van der Waals surface area contributed by atoms with Gasteiger partial charge in [-0.05, 0) is 67.4 Å². The van der Waals surface area contributed by atoms with Gasteiger partial charge in [0.05, 0.1) is 0 Å². The second-order valence-electron chi connectivity index (χ2n) is 8.31. The summed E-state index contributed by atoms with van der Waals surface area (Å²) >= 11 is 0. The summed E-state index contributed by atoms with van der Waals surface area (Å²) in [6.45, 7) is 5.81. The summed E-state index contributed by atoms with van der Waals surface area (Å²) in [5.41, 5.74) is 0.678. The second-order valence-corrected chi connectivity index (χ2v) is 8.31. The number of likely N-dealkylation sites (tertiary alicyclic amines) is 1. The standard InChI is InChI=1S/C21H30N6O3/c1-26-19(23-24-25-26)14-30-18-6-4-5-17(13-18)20(28)22-15-21(7-11-29-12-8-21)16-27-9-2-3-10-27/h4-6,13H,2-3,7-12,14-16H2,1H3,(H,22,28). The SMILES string of the molecule is Cn1nnnc1COc1cccc(C(=O)NCC2(CN3CCCC3)CCOCC2)c1. The minimum atomic E-state index is -0.0759. The van der Waals surface area contributed by atoms with Crippen molar-refractivity contribution in [1.82, 2.24) is 30.4 Å². The molecule has 9 nitrogen and oxygen atoms in total. The fraction of sp³-hybridized carbons (Fsp3) is 0.619. The Morgan fingerprint density at radius 3 is 2.80 bits per heavy atom. The van der Waals surface area contributed by atoms with Crippen LogP contribution in [-0.2, 0) is 18.4 Å². The van der Waals surface area contributed by atoms with Crippen molar-refractivity contribution in [3.63, 3.8) is 0 Å². The van der Waals surface area contributed by atoms with Crippen LogP contribution in [0.1, 0.15) is 41.9 Å². The maximum atomic E-state index is 12.9. The van der Waals surface area contributed by atoms with E-state index in [0.29, 0.717) is 23.7 Å². The molecule has 0 radical (unpaired) electrons. The van der Waals surface area contributed by atoms with Gasteiger partial charge in [-0.1, -0.05) is 6.07 Å². The molecule has 0 spiro atoms. The molecule has 0 aliphatic carbocycles. The maximum absolute atomic E-state index is 12.9. The van der Waals surface area contributed by atoms with Gasteiger partial charge in [0.25, 0.3) is 5.91 Å². The lowest BCUT2D eigenvalue weighted by atomic mass is 9.79. The Hall–Kier alpha value is -2.52. The van der Waals surface area contributed by atoms with Crippen molar-refractivity contribution in [2.75, 3.05) is 39.4 Å². The molecule has 2 fully saturated rings. The Balaban J connectivity index is 1.35. The van der Waals surface area contributed by atoms with Gasteiger partial charge in [-0.2, -0.15) is 0 Å². The van der Waals surface area contributed by atoms with Crippen LogP contribution >= 0.6 is 0 Å². The second kappa shape index (κ2) is 9.53. The summed E-state index contributed by atoms with van der Waals surface area (Å²) in [6.07, 6.45) is 4.52. The molecule has 162 valence electrons. The van der Waals surface area contributed by atoms with E-state index in [1.807, 2.05) is 18.2 Å². The van der Waals surface area contributed by atoms with Crippen molar-refractivity contribution >= 4 is 5.91 Å². The van der Waals surface area contributed by atoms with Crippen LogP contribution < -0.4 is 10.1 Å². The molecule has 9 heteroatoms. The molecule has 0 unspecified atom stereocenters. The maximum Gasteiger partial charge on any atom is 0.251 e. The zero-order chi connectivity index (χ0) is 20.8. The Labute approximate surface area is 176 Å². The summed E-state index contributed by atoms with van der Waals surface area (Å²) in [5.74, 6) is 1.16. The Morgan fingerprint density at radius 2 is 2.07 bits per heavy atom. The molecule has 1 aromatic heterocycles. The fourth-order valence-corrected chi connectivity index (χ4v) is 4.23. The molecule has 2 saturated heterocycles. The molecule has 1 aromatic carbocycles. The van der Waals surface area contributed by atoms with Crippen LogP contribution in [0, 0.1) is 5.41 Å². The number of nitrogens with one attached hydrogen (secondary N) is 1. The van der Waals surface area contributed by atoms with Crippen LogP contribution in [-0.4, -0.2) is 70.4 Å². The monoisotopic (exact) mass is 414 g/mol. The number of carbonyl (C=O) groups excluding carboxylic acids is 1. The van der Waals surface area contributed by atoms with Crippen molar-refractivity contribution in [2.45, 2.75) is 32.3 Å². The molecular formula is C21H30N6O3. The number of aromatic nitrogens is 4. The van der Waals surface area contributed by atoms with Gasteiger partial charge in [0.15, 0.2) is 5.82 Å². The predicted octanol–water partition coefficient (Wildman–Crippen LogP) is 1.41. The van der Waals surface area contributed by atoms with Crippen LogP contribution in [0.25, 0.3) is 0 Å². The molecule has 1 amide bonds. The number of hydrogen-bond donors (Lipinski definition) is 1. The number of carbonyl (C=O) groups is 1. The highest BCUT2D eigenvalue weighted by Crippen LogP contribution is 2.32. The van der Waals surface area contributed by atoms with E-state index in [0.717, 1.165) is 45.7 Å². The highest BCUT2D eigenvalue weighted by atomic mass is 16.5. The minimum Gasteiger partial charge on any atom is -0.486 e. The largest absolute Gasteiger partial charge is 0.486 e. The average molecular weight is 415 g/mol. The van der Waals surface area contributed by atoms with Crippen LogP contribution in [0.3, 0.4) is 0 Å². The number of aryl methyl sites for hydroxylation is 1. The molecule has 2 aliphatic heterocycles. The summed E-state index contributed by atoms with van der Waals surface area (Å²) in [5, 5.41) is 14.5. The van der Waals surface area contributed by atoms with Gasteiger partial charge in [-0.15, -0.1) is 5.10 Å². The van der Waals surface area contributed by atoms with Crippen LogP contribution in [0.4, 0.5) is 0 Å². The predicted molar refractivity (Wildman–Crippen MR) is 110 cm³/mol. The minimum absolute atomic E-state index is 0.0759.